The minimum Gasteiger partial charge on any atom is -0.479 e. The molecule has 0 bridgehead atoms. The maximum absolute atomic E-state index is 11.3. The van der Waals surface area contributed by atoms with Crippen molar-refractivity contribution in [3.63, 3.8) is 0 Å². The average Bonchev–Trinajstić information content (AvgIpc) is 2.60. The van der Waals surface area contributed by atoms with E-state index in [1.165, 1.54) is 11.8 Å². The number of hydrogen-bond acceptors (Lipinski definition) is 4. The van der Waals surface area contributed by atoms with Crippen molar-refractivity contribution in [1.82, 2.24) is 5.32 Å². The van der Waals surface area contributed by atoms with Gasteiger partial charge in [0.2, 0.25) is 4.38 Å². The normalized spacial score (nSPS) is 13.2. The molecule has 0 spiro atoms. The molecule has 0 saturated carbocycles. The molecular formula is C11H11NO2S2. The summed E-state index contributed by atoms with van der Waals surface area (Å²) in [4.78, 5) is 12.3. The van der Waals surface area contributed by atoms with Gasteiger partial charge in [-0.15, -0.1) is 0 Å². The lowest BCUT2D eigenvalue weighted by Gasteiger charge is -2.05. The van der Waals surface area contributed by atoms with Gasteiger partial charge in [0.25, 0.3) is 5.91 Å². The van der Waals surface area contributed by atoms with E-state index in [2.05, 4.69) is 5.32 Å². The van der Waals surface area contributed by atoms with Crippen LogP contribution in [0.4, 0.5) is 0 Å². The molecule has 0 fully saturated rings. The van der Waals surface area contributed by atoms with E-state index in [-0.39, 0.29) is 5.91 Å². The second-order valence-electron chi connectivity index (χ2n) is 3.29. The summed E-state index contributed by atoms with van der Waals surface area (Å²) in [5, 5.41) is 2.78. The van der Waals surface area contributed by atoms with Crippen LogP contribution in [-0.4, -0.2) is 16.9 Å². The summed E-state index contributed by atoms with van der Waals surface area (Å²) in [6, 6.07) is 5.69. The molecule has 1 heterocycles. The first kappa shape index (κ1) is 11.4. The van der Waals surface area contributed by atoms with Crippen molar-refractivity contribution in [2.24, 2.45) is 0 Å². The Labute approximate surface area is 104 Å². The van der Waals surface area contributed by atoms with E-state index >= 15 is 0 Å². The molecule has 0 unspecified atom stereocenters. The molecule has 1 amide bonds. The van der Waals surface area contributed by atoms with Crippen LogP contribution in [0.3, 0.4) is 0 Å². The Morgan fingerprint density at radius 3 is 3.19 bits per heavy atom. The number of rotatable bonds is 2. The molecule has 16 heavy (non-hydrogen) atoms. The Morgan fingerprint density at radius 1 is 1.62 bits per heavy atom. The van der Waals surface area contributed by atoms with Gasteiger partial charge < -0.3 is 10.1 Å². The number of thioether (sulfide) groups is 1. The quantitative estimate of drug-likeness (QED) is 0.648. The maximum atomic E-state index is 11.3. The Bertz CT molecular complexity index is 446. The second-order valence-corrected chi connectivity index (χ2v) is 4.96. The number of carbonyl (C=O) groups excluding carboxylic acids is 1. The summed E-state index contributed by atoms with van der Waals surface area (Å²) < 4.78 is 5.71. The first-order valence-corrected chi connectivity index (χ1v) is 6.19. The van der Waals surface area contributed by atoms with Crippen molar-refractivity contribution in [1.29, 1.82) is 0 Å². The van der Waals surface area contributed by atoms with E-state index < -0.39 is 0 Å². The minimum absolute atomic E-state index is 0.000986. The summed E-state index contributed by atoms with van der Waals surface area (Å²) in [7, 11) is 0. The zero-order valence-corrected chi connectivity index (χ0v) is 10.4. The first-order chi connectivity index (χ1) is 7.70. The van der Waals surface area contributed by atoms with Gasteiger partial charge in [0.15, 0.2) is 0 Å². The van der Waals surface area contributed by atoms with Gasteiger partial charge >= 0.3 is 0 Å². The third-order valence-corrected chi connectivity index (χ3v) is 3.37. The highest BCUT2D eigenvalue weighted by molar-refractivity contribution is 8.22. The van der Waals surface area contributed by atoms with E-state index in [0.717, 1.165) is 16.0 Å². The predicted molar refractivity (Wildman–Crippen MR) is 67.7 cm³/mol. The number of amides is 1. The van der Waals surface area contributed by atoms with Crippen molar-refractivity contribution in [2.45, 2.75) is 18.4 Å². The van der Waals surface area contributed by atoms with Crippen LogP contribution in [0, 0.1) is 0 Å². The SMILES string of the molecule is CCOC(=S)Sc1ccc2c(c1)CNC2=O. The highest BCUT2D eigenvalue weighted by Gasteiger charge is 2.18. The molecule has 3 nitrogen and oxygen atoms in total. The average molecular weight is 253 g/mol. The third kappa shape index (κ3) is 2.36. The topological polar surface area (TPSA) is 38.3 Å². The van der Waals surface area contributed by atoms with Gasteiger partial charge in [0, 0.05) is 17.0 Å². The summed E-state index contributed by atoms with van der Waals surface area (Å²) in [6.45, 7) is 3.08. The van der Waals surface area contributed by atoms with Crippen LogP contribution in [0.15, 0.2) is 23.1 Å². The number of ether oxygens (including phenoxy) is 1. The van der Waals surface area contributed by atoms with Crippen molar-refractivity contribution in [3.05, 3.63) is 29.3 Å². The van der Waals surface area contributed by atoms with E-state index in [9.17, 15) is 4.79 Å². The van der Waals surface area contributed by atoms with E-state index in [1.807, 2.05) is 25.1 Å². The highest BCUT2D eigenvalue weighted by atomic mass is 32.2. The zero-order valence-electron chi connectivity index (χ0n) is 8.78. The van der Waals surface area contributed by atoms with Crippen LogP contribution in [0.1, 0.15) is 22.8 Å². The summed E-state index contributed by atoms with van der Waals surface area (Å²) in [5.41, 5.74) is 1.78. The second kappa shape index (κ2) is 4.84. The Hall–Kier alpha value is -1.07. The molecule has 1 N–H and O–H groups in total. The largest absolute Gasteiger partial charge is 0.479 e. The number of carbonyl (C=O) groups is 1. The van der Waals surface area contributed by atoms with Crippen LogP contribution >= 0.6 is 24.0 Å². The third-order valence-electron chi connectivity index (χ3n) is 2.22. The van der Waals surface area contributed by atoms with Crippen LogP contribution in [0.2, 0.25) is 0 Å². The van der Waals surface area contributed by atoms with Gasteiger partial charge in [0.1, 0.15) is 0 Å². The fourth-order valence-electron chi connectivity index (χ4n) is 1.52. The van der Waals surface area contributed by atoms with Gasteiger partial charge in [-0.1, -0.05) is 0 Å². The highest BCUT2D eigenvalue weighted by Crippen LogP contribution is 2.25. The molecule has 1 aliphatic heterocycles. The molecule has 1 aliphatic rings. The minimum atomic E-state index is -0.000986. The fraction of sp³-hybridized carbons (Fsp3) is 0.273. The molecule has 84 valence electrons. The van der Waals surface area contributed by atoms with Crippen LogP contribution in [0.25, 0.3) is 0 Å². The van der Waals surface area contributed by atoms with Crippen LogP contribution < -0.4 is 5.32 Å². The summed E-state index contributed by atoms with van der Waals surface area (Å²) >= 11 is 6.45. The standard InChI is InChI=1S/C11H11NO2S2/c1-2-14-11(15)16-8-3-4-9-7(5-8)6-12-10(9)13/h3-5H,2,6H2,1H3,(H,12,13). The lowest BCUT2D eigenvalue weighted by molar-refractivity contribution is 0.0966. The van der Waals surface area contributed by atoms with Gasteiger partial charge in [-0.25, -0.2) is 0 Å². The van der Waals surface area contributed by atoms with Crippen molar-refractivity contribution in [2.75, 3.05) is 6.61 Å². The van der Waals surface area contributed by atoms with Crippen LogP contribution in [0.5, 0.6) is 0 Å². The molecule has 2 rings (SSSR count). The lowest BCUT2D eigenvalue weighted by Crippen LogP contribution is -2.12. The zero-order chi connectivity index (χ0) is 11.5. The molecule has 0 saturated heterocycles. The number of thiocarbonyl (C=S) groups is 1. The number of benzene rings is 1. The van der Waals surface area contributed by atoms with Gasteiger partial charge in [-0.05, 0) is 54.7 Å². The van der Waals surface area contributed by atoms with E-state index in [1.54, 1.807) is 0 Å². The van der Waals surface area contributed by atoms with E-state index in [0.29, 0.717) is 17.5 Å². The Kier molecular flexibility index (Phi) is 3.46. The molecule has 0 aliphatic carbocycles. The number of hydrogen-bond donors (Lipinski definition) is 1. The van der Waals surface area contributed by atoms with Crippen LogP contribution in [-0.2, 0) is 11.3 Å². The predicted octanol–water partition coefficient (Wildman–Crippen LogP) is 2.34. The van der Waals surface area contributed by atoms with Crippen molar-refractivity contribution < 1.29 is 9.53 Å². The Morgan fingerprint density at radius 2 is 2.44 bits per heavy atom. The van der Waals surface area contributed by atoms with Gasteiger partial charge in [0.05, 0.1) is 6.61 Å². The lowest BCUT2D eigenvalue weighted by atomic mass is 10.1. The molecule has 0 radical (unpaired) electrons. The van der Waals surface area contributed by atoms with Crippen molar-refractivity contribution >= 4 is 34.3 Å². The number of fused-ring (bicyclic) bond motifs is 1. The molecule has 5 heteroatoms. The summed E-state index contributed by atoms with van der Waals surface area (Å²) in [6.07, 6.45) is 0. The molecular weight excluding hydrogens is 242 g/mol. The molecule has 1 aromatic carbocycles. The Balaban J connectivity index is 2.13. The molecule has 1 aromatic rings. The first-order valence-electron chi connectivity index (χ1n) is 4.96. The van der Waals surface area contributed by atoms with Crippen molar-refractivity contribution in [3.8, 4) is 0 Å². The number of nitrogens with one attached hydrogen (secondary N) is 1. The monoisotopic (exact) mass is 253 g/mol. The van der Waals surface area contributed by atoms with Gasteiger partial charge in [-0.2, -0.15) is 0 Å². The smallest absolute Gasteiger partial charge is 0.251 e. The van der Waals surface area contributed by atoms with E-state index in [4.69, 9.17) is 17.0 Å². The maximum Gasteiger partial charge on any atom is 0.251 e. The fourth-order valence-corrected chi connectivity index (χ4v) is 2.63. The molecule has 0 aromatic heterocycles. The molecule has 0 atom stereocenters. The van der Waals surface area contributed by atoms with Gasteiger partial charge in [-0.3, -0.25) is 4.79 Å². The summed E-state index contributed by atoms with van der Waals surface area (Å²) in [5.74, 6) is -0.000986.